The highest BCUT2D eigenvalue weighted by atomic mass is 35.5. The van der Waals surface area contributed by atoms with Crippen molar-refractivity contribution in [3.63, 3.8) is 0 Å². The Morgan fingerprint density at radius 3 is 2.90 bits per heavy atom. The first-order valence-electron chi connectivity index (χ1n) is 7.11. The molecule has 1 fully saturated rings. The molecule has 0 aromatic carbocycles. The van der Waals surface area contributed by atoms with E-state index in [9.17, 15) is 4.79 Å². The number of nitrogens with two attached hydrogens (primary N) is 1. The predicted octanol–water partition coefficient (Wildman–Crippen LogP) is 1.85. The minimum absolute atomic E-state index is 0. The Bertz CT molecular complexity index is 451. The average Bonchev–Trinajstić information content (AvgIpc) is 2.47. The summed E-state index contributed by atoms with van der Waals surface area (Å²) in [6.07, 6.45) is 3.98. The summed E-state index contributed by atoms with van der Waals surface area (Å²) in [7, 11) is 1.37. The van der Waals surface area contributed by atoms with E-state index < -0.39 is 0 Å². The first-order valence-corrected chi connectivity index (χ1v) is 7.11. The van der Waals surface area contributed by atoms with E-state index in [1.807, 2.05) is 6.07 Å². The van der Waals surface area contributed by atoms with E-state index in [1.165, 1.54) is 20.0 Å². The van der Waals surface area contributed by atoms with E-state index in [0.29, 0.717) is 11.5 Å². The Labute approximate surface area is 132 Å². The highest BCUT2D eigenvalue weighted by molar-refractivity contribution is 5.88. The maximum Gasteiger partial charge on any atom is 0.339 e. The van der Waals surface area contributed by atoms with E-state index in [-0.39, 0.29) is 24.4 Å². The van der Waals surface area contributed by atoms with E-state index in [1.54, 1.807) is 12.3 Å². The second-order valence-corrected chi connectivity index (χ2v) is 5.53. The van der Waals surface area contributed by atoms with Gasteiger partial charge in [-0.25, -0.2) is 4.79 Å². The first-order chi connectivity index (χ1) is 9.60. The number of rotatable bonds is 4. The number of methoxy groups -OCH3 is 1. The molecule has 6 heteroatoms. The van der Waals surface area contributed by atoms with Crippen LogP contribution in [0.4, 0.5) is 0 Å². The number of esters is 1. The third kappa shape index (κ3) is 4.95. The fourth-order valence-corrected chi connectivity index (χ4v) is 2.65. The van der Waals surface area contributed by atoms with Crippen LogP contribution in [0, 0.1) is 5.92 Å². The van der Waals surface area contributed by atoms with Crippen LogP contribution in [0.5, 0.6) is 0 Å². The normalized spacial score (nSPS) is 20.4. The molecule has 21 heavy (non-hydrogen) atoms. The molecule has 1 aromatic heterocycles. The lowest BCUT2D eigenvalue weighted by Gasteiger charge is -2.34. The molecule has 0 bridgehead atoms. The molecular weight excluding hydrogens is 290 g/mol. The average molecular weight is 314 g/mol. The molecule has 1 aromatic rings. The van der Waals surface area contributed by atoms with Gasteiger partial charge in [0, 0.05) is 25.3 Å². The van der Waals surface area contributed by atoms with Crippen molar-refractivity contribution in [1.82, 2.24) is 9.88 Å². The van der Waals surface area contributed by atoms with Gasteiger partial charge in [0.05, 0.1) is 18.4 Å². The second-order valence-electron chi connectivity index (χ2n) is 5.53. The van der Waals surface area contributed by atoms with Crippen LogP contribution in [0.25, 0.3) is 0 Å². The molecule has 0 saturated carbocycles. The number of hydrogen-bond donors (Lipinski definition) is 1. The van der Waals surface area contributed by atoms with Crippen LogP contribution in [-0.4, -0.2) is 42.1 Å². The number of nitrogens with zero attached hydrogens (tertiary/aromatic N) is 2. The van der Waals surface area contributed by atoms with Gasteiger partial charge in [-0.2, -0.15) is 0 Å². The molecule has 2 heterocycles. The molecule has 2 N–H and O–H groups in total. The van der Waals surface area contributed by atoms with Gasteiger partial charge in [0.1, 0.15) is 0 Å². The van der Waals surface area contributed by atoms with Crippen LogP contribution >= 0.6 is 12.4 Å². The molecule has 2 atom stereocenters. The van der Waals surface area contributed by atoms with Crippen molar-refractivity contribution in [2.45, 2.75) is 32.4 Å². The molecule has 5 nitrogen and oxygen atoms in total. The smallest absolute Gasteiger partial charge is 0.339 e. The number of hydrogen-bond acceptors (Lipinski definition) is 5. The van der Waals surface area contributed by atoms with E-state index in [2.05, 4.69) is 21.5 Å². The summed E-state index contributed by atoms with van der Waals surface area (Å²) in [6, 6.07) is 3.90. The van der Waals surface area contributed by atoms with Gasteiger partial charge in [-0.1, -0.05) is 0 Å². The summed E-state index contributed by atoms with van der Waals surface area (Å²) in [5.41, 5.74) is 7.46. The molecule has 1 saturated heterocycles. The lowest BCUT2D eigenvalue weighted by atomic mass is 9.92. The van der Waals surface area contributed by atoms with Gasteiger partial charge >= 0.3 is 5.97 Å². The predicted molar refractivity (Wildman–Crippen MR) is 84.5 cm³/mol. The topological polar surface area (TPSA) is 68.5 Å². The quantitative estimate of drug-likeness (QED) is 0.859. The Hall–Kier alpha value is -1.17. The Balaban J connectivity index is 0.00000220. The third-order valence-electron chi connectivity index (χ3n) is 3.92. The van der Waals surface area contributed by atoms with Crippen LogP contribution in [0.15, 0.2) is 18.3 Å². The van der Waals surface area contributed by atoms with Crippen LogP contribution < -0.4 is 5.73 Å². The molecule has 2 unspecified atom stereocenters. The van der Waals surface area contributed by atoms with Crippen LogP contribution in [0.2, 0.25) is 0 Å². The highest BCUT2D eigenvalue weighted by Crippen LogP contribution is 2.20. The van der Waals surface area contributed by atoms with E-state index in [4.69, 9.17) is 5.73 Å². The Morgan fingerprint density at radius 2 is 2.33 bits per heavy atom. The summed E-state index contributed by atoms with van der Waals surface area (Å²) in [5.74, 6) is 0.220. The monoisotopic (exact) mass is 313 g/mol. The summed E-state index contributed by atoms with van der Waals surface area (Å²) < 4.78 is 4.66. The Morgan fingerprint density at radius 1 is 1.57 bits per heavy atom. The second kappa shape index (κ2) is 8.32. The number of pyridine rings is 1. The number of halogens is 1. The van der Waals surface area contributed by atoms with Gasteiger partial charge in [0.2, 0.25) is 0 Å². The molecule has 0 spiro atoms. The fourth-order valence-electron chi connectivity index (χ4n) is 2.65. The molecule has 0 aliphatic carbocycles. The minimum atomic E-state index is -0.348. The first kappa shape index (κ1) is 17.9. The fraction of sp³-hybridized carbons (Fsp3) is 0.600. The van der Waals surface area contributed by atoms with Gasteiger partial charge < -0.3 is 10.5 Å². The molecule has 118 valence electrons. The highest BCUT2D eigenvalue weighted by Gasteiger charge is 2.22. The maximum absolute atomic E-state index is 11.3. The number of likely N-dealkylation sites (tertiary alicyclic amines) is 1. The maximum atomic E-state index is 11.3. The number of carbonyl (C=O) groups is 1. The van der Waals surface area contributed by atoms with Crippen molar-refractivity contribution in [2.24, 2.45) is 11.7 Å². The minimum Gasteiger partial charge on any atom is -0.465 e. The van der Waals surface area contributed by atoms with Gasteiger partial charge in [0.15, 0.2) is 0 Å². The molecule has 0 radical (unpaired) electrons. The summed E-state index contributed by atoms with van der Waals surface area (Å²) >= 11 is 0. The standard InChI is InChI=1S/C15H23N3O2.ClH/c1-11(16)13-4-3-7-18(9-13)10-14-6-5-12(8-17-14)15(19)20-2;/h5-6,8,11,13H,3-4,7,9-10,16H2,1-2H3;1H. The van der Waals surface area contributed by atoms with E-state index >= 15 is 0 Å². The van der Waals surface area contributed by atoms with Gasteiger partial charge in [-0.15, -0.1) is 12.4 Å². The number of carbonyl (C=O) groups excluding carboxylic acids is 1. The summed E-state index contributed by atoms with van der Waals surface area (Å²) in [5, 5.41) is 0. The number of piperidine rings is 1. The van der Waals surface area contributed by atoms with Crippen molar-refractivity contribution in [1.29, 1.82) is 0 Å². The van der Waals surface area contributed by atoms with Crippen molar-refractivity contribution in [3.8, 4) is 0 Å². The number of ether oxygens (including phenoxy) is 1. The summed E-state index contributed by atoms with van der Waals surface area (Å²) in [6.45, 7) is 5.00. The summed E-state index contributed by atoms with van der Waals surface area (Å²) in [4.78, 5) is 18.1. The molecule has 2 rings (SSSR count). The van der Waals surface area contributed by atoms with Gasteiger partial charge in [-0.3, -0.25) is 9.88 Å². The largest absolute Gasteiger partial charge is 0.465 e. The van der Waals surface area contributed by atoms with Gasteiger partial charge in [0.25, 0.3) is 0 Å². The molecule has 1 aliphatic rings. The lowest BCUT2D eigenvalue weighted by Crippen LogP contribution is -2.42. The van der Waals surface area contributed by atoms with Crippen molar-refractivity contribution < 1.29 is 9.53 Å². The molecule has 0 amide bonds. The zero-order valence-electron chi connectivity index (χ0n) is 12.6. The zero-order chi connectivity index (χ0) is 14.5. The van der Waals surface area contributed by atoms with Crippen molar-refractivity contribution >= 4 is 18.4 Å². The van der Waals surface area contributed by atoms with E-state index in [0.717, 1.165) is 25.3 Å². The van der Waals surface area contributed by atoms with Crippen molar-refractivity contribution in [3.05, 3.63) is 29.6 Å². The van der Waals surface area contributed by atoms with Crippen LogP contribution in [0.3, 0.4) is 0 Å². The molecule has 1 aliphatic heterocycles. The number of aromatic nitrogens is 1. The van der Waals surface area contributed by atoms with Crippen LogP contribution in [0.1, 0.15) is 35.8 Å². The zero-order valence-corrected chi connectivity index (χ0v) is 13.4. The lowest BCUT2D eigenvalue weighted by molar-refractivity contribution is 0.0600. The van der Waals surface area contributed by atoms with Crippen LogP contribution in [-0.2, 0) is 11.3 Å². The SMILES string of the molecule is COC(=O)c1ccc(CN2CCCC(C(C)N)C2)nc1.Cl. The Kier molecular flexibility index (Phi) is 7.08. The van der Waals surface area contributed by atoms with Crippen molar-refractivity contribution in [2.75, 3.05) is 20.2 Å². The third-order valence-corrected chi connectivity index (χ3v) is 3.92. The molecular formula is C15H24ClN3O2. The van der Waals surface area contributed by atoms with Gasteiger partial charge in [-0.05, 0) is 44.4 Å².